The number of hydrogen-bond donors (Lipinski definition) is 2. The van der Waals surface area contributed by atoms with Gasteiger partial charge in [-0.15, -0.1) is 0 Å². The number of imide groups is 1. The molecule has 0 unspecified atom stereocenters. The maximum atomic E-state index is 11.6. The van der Waals surface area contributed by atoms with E-state index in [-0.39, 0.29) is 0 Å². The lowest BCUT2D eigenvalue weighted by atomic mass is 10.1. The Morgan fingerprint density at radius 1 is 1.04 bits per heavy atom. The van der Waals surface area contributed by atoms with Gasteiger partial charge in [0, 0.05) is 17.7 Å². The first kappa shape index (κ1) is 18.8. The summed E-state index contributed by atoms with van der Waals surface area (Å²) < 4.78 is 20.2. The molecule has 9 heteroatoms. The molecule has 0 bridgehead atoms. The number of nitrogens with two attached hydrogens (primary N) is 1. The van der Waals surface area contributed by atoms with E-state index < -0.39 is 24.5 Å². The molecule has 0 aliphatic heterocycles. The van der Waals surface area contributed by atoms with Crippen molar-refractivity contribution in [2.75, 3.05) is 27.9 Å². The minimum atomic E-state index is -1.03. The molecule has 0 heterocycles. The second-order valence-corrected chi connectivity index (χ2v) is 4.30. The highest BCUT2D eigenvalue weighted by molar-refractivity contribution is 5.96. The summed E-state index contributed by atoms with van der Waals surface area (Å²) in [6.45, 7) is -0.630. The molecule has 1 aromatic rings. The molecule has 3 N–H and O–H groups in total. The SMILES string of the molecule is COc1cc(OC)c(OC)cc1/C=C/C(=O)OCC(=O)NC(N)=O. The highest BCUT2D eigenvalue weighted by atomic mass is 16.5. The van der Waals surface area contributed by atoms with Gasteiger partial charge in [-0.1, -0.05) is 0 Å². The standard InChI is InChI=1S/C15H18N2O7/c1-21-10-7-12(23-3)11(22-2)6-9(10)4-5-14(19)24-8-13(18)17-15(16)20/h4-7H,8H2,1-3H3,(H3,16,17,18,20)/b5-4+. The van der Waals surface area contributed by atoms with Crippen LogP contribution in [0.3, 0.4) is 0 Å². The van der Waals surface area contributed by atoms with E-state index in [0.29, 0.717) is 22.8 Å². The number of carbonyl (C=O) groups is 3. The van der Waals surface area contributed by atoms with Crippen LogP contribution < -0.4 is 25.3 Å². The average Bonchev–Trinajstić information content (AvgIpc) is 2.56. The zero-order chi connectivity index (χ0) is 18.1. The van der Waals surface area contributed by atoms with Crippen molar-refractivity contribution in [3.05, 3.63) is 23.8 Å². The minimum absolute atomic E-state index is 0.447. The molecule has 3 amide bonds. The van der Waals surface area contributed by atoms with E-state index in [0.717, 1.165) is 6.08 Å². The van der Waals surface area contributed by atoms with E-state index in [2.05, 4.69) is 4.74 Å². The Labute approximate surface area is 138 Å². The summed E-state index contributed by atoms with van der Waals surface area (Å²) in [5.41, 5.74) is 5.29. The maximum absolute atomic E-state index is 11.6. The van der Waals surface area contributed by atoms with Crippen molar-refractivity contribution >= 4 is 24.0 Å². The Bertz CT molecular complexity index is 655. The molecule has 1 aromatic carbocycles. The number of urea groups is 1. The Hall–Kier alpha value is -3.23. The van der Waals surface area contributed by atoms with Crippen LogP contribution in [0.4, 0.5) is 4.79 Å². The van der Waals surface area contributed by atoms with E-state index >= 15 is 0 Å². The van der Waals surface area contributed by atoms with Gasteiger partial charge < -0.3 is 24.7 Å². The molecular weight excluding hydrogens is 320 g/mol. The molecular formula is C15H18N2O7. The zero-order valence-corrected chi connectivity index (χ0v) is 13.5. The summed E-state index contributed by atoms with van der Waals surface area (Å²) in [6.07, 6.45) is 2.52. The Morgan fingerprint density at radius 3 is 2.17 bits per heavy atom. The van der Waals surface area contributed by atoms with Crippen molar-refractivity contribution in [1.29, 1.82) is 0 Å². The average molecular weight is 338 g/mol. The van der Waals surface area contributed by atoms with Gasteiger partial charge in [-0.2, -0.15) is 0 Å². The number of nitrogens with one attached hydrogen (secondary N) is 1. The fourth-order valence-electron chi connectivity index (χ4n) is 1.70. The number of primary amides is 1. The van der Waals surface area contributed by atoms with E-state index in [4.69, 9.17) is 19.9 Å². The Balaban J connectivity index is 2.80. The lowest BCUT2D eigenvalue weighted by Gasteiger charge is -2.12. The number of rotatable bonds is 7. The lowest BCUT2D eigenvalue weighted by Crippen LogP contribution is -2.37. The molecule has 130 valence electrons. The van der Waals surface area contributed by atoms with Gasteiger partial charge in [0.15, 0.2) is 18.1 Å². The molecule has 0 aromatic heterocycles. The number of esters is 1. The lowest BCUT2D eigenvalue weighted by molar-refractivity contribution is -0.143. The van der Waals surface area contributed by atoms with Crippen molar-refractivity contribution in [3.8, 4) is 17.2 Å². The largest absolute Gasteiger partial charge is 0.496 e. The van der Waals surface area contributed by atoms with Gasteiger partial charge in [0.1, 0.15) is 5.75 Å². The second kappa shape index (κ2) is 9.03. The molecule has 0 aliphatic carbocycles. The molecule has 0 aliphatic rings. The van der Waals surface area contributed by atoms with Crippen LogP contribution in [0.5, 0.6) is 17.2 Å². The summed E-state index contributed by atoms with van der Waals surface area (Å²) in [5.74, 6) is -0.244. The van der Waals surface area contributed by atoms with Gasteiger partial charge in [-0.25, -0.2) is 9.59 Å². The van der Waals surface area contributed by atoms with Crippen LogP contribution in [-0.4, -0.2) is 45.8 Å². The molecule has 24 heavy (non-hydrogen) atoms. The first-order valence-electron chi connectivity index (χ1n) is 6.65. The van der Waals surface area contributed by atoms with Crippen molar-refractivity contribution in [3.63, 3.8) is 0 Å². The minimum Gasteiger partial charge on any atom is -0.496 e. The van der Waals surface area contributed by atoms with Crippen LogP contribution in [0.1, 0.15) is 5.56 Å². The monoisotopic (exact) mass is 338 g/mol. The molecule has 9 nitrogen and oxygen atoms in total. The molecule has 1 rings (SSSR count). The molecule has 0 fully saturated rings. The van der Waals surface area contributed by atoms with Crippen LogP contribution in [0.25, 0.3) is 6.08 Å². The van der Waals surface area contributed by atoms with Gasteiger partial charge in [-0.3, -0.25) is 10.1 Å². The molecule has 0 atom stereocenters. The van der Waals surface area contributed by atoms with Gasteiger partial charge in [0.25, 0.3) is 5.91 Å². The van der Waals surface area contributed by atoms with E-state index in [1.165, 1.54) is 27.4 Å². The van der Waals surface area contributed by atoms with Gasteiger partial charge >= 0.3 is 12.0 Å². The predicted molar refractivity (Wildman–Crippen MR) is 83.8 cm³/mol. The fourth-order valence-corrected chi connectivity index (χ4v) is 1.70. The van der Waals surface area contributed by atoms with Gasteiger partial charge in [0.2, 0.25) is 0 Å². The molecule has 0 spiro atoms. The zero-order valence-electron chi connectivity index (χ0n) is 13.5. The van der Waals surface area contributed by atoms with Crippen molar-refractivity contribution in [2.45, 2.75) is 0 Å². The third-order valence-corrected chi connectivity index (χ3v) is 2.74. The van der Waals surface area contributed by atoms with Crippen LogP contribution in [0.15, 0.2) is 18.2 Å². The highest BCUT2D eigenvalue weighted by Crippen LogP contribution is 2.35. The third-order valence-electron chi connectivity index (χ3n) is 2.74. The summed E-state index contributed by atoms with van der Waals surface area (Å²) in [5, 5.41) is 1.77. The normalized spacial score (nSPS) is 10.1. The van der Waals surface area contributed by atoms with Gasteiger partial charge in [-0.05, 0) is 12.1 Å². The number of methoxy groups -OCH3 is 3. The summed E-state index contributed by atoms with van der Waals surface area (Å²) in [7, 11) is 4.43. The van der Waals surface area contributed by atoms with Crippen molar-refractivity contribution in [2.24, 2.45) is 5.73 Å². The fraction of sp³-hybridized carbons (Fsp3) is 0.267. The first-order chi connectivity index (χ1) is 11.4. The number of ether oxygens (including phenoxy) is 4. The number of hydrogen-bond acceptors (Lipinski definition) is 7. The van der Waals surface area contributed by atoms with E-state index in [1.54, 1.807) is 17.4 Å². The van der Waals surface area contributed by atoms with Crippen LogP contribution in [-0.2, 0) is 14.3 Å². The Morgan fingerprint density at radius 2 is 1.62 bits per heavy atom. The van der Waals surface area contributed by atoms with Crippen LogP contribution in [0.2, 0.25) is 0 Å². The number of amides is 3. The topological polar surface area (TPSA) is 126 Å². The smallest absolute Gasteiger partial charge is 0.331 e. The number of carbonyl (C=O) groups excluding carboxylic acids is 3. The van der Waals surface area contributed by atoms with Crippen molar-refractivity contribution in [1.82, 2.24) is 5.32 Å². The van der Waals surface area contributed by atoms with Crippen LogP contribution in [0, 0.1) is 0 Å². The molecule has 0 radical (unpaired) electrons. The molecule has 0 saturated heterocycles. The van der Waals surface area contributed by atoms with Gasteiger partial charge in [0.05, 0.1) is 21.3 Å². The summed E-state index contributed by atoms with van der Waals surface area (Å²) in [4.78, 5) is 33.2. The third kappa shape index (κ3) is 5.52. The second-order valence-electron chi connectivity index (χ2n) is 4.30. The Kier molecular flexibility index (Phi) is 7.08. The summed E-state index contributed by atoms with van der Waals surface area (Å²) in [6, 6.07) is 2.19. The quantitative estimate of drug-likeness (QED) is 0.546. The van der Waals surface area contributed by atoms with Crippen molar-refractivity contribution < 1.29 is 33.3 Å². The predicted octanol–water partition coefficient (Wildman–Crippen LogP) is 0.464. The molecule has 0 saturated carbocycles. The first-order valence-corrected chi connectivity index (χ1v) is 6.65. The highest BCUT2D eigenvalue weighted by Gasteiger charge is 2.11. The van der Waals surface area contributed by atoms with E-state index in [9.17, 15) is 14.4 Å². The summed E-state index contributed by atoms with van der Waals surface area (Å²) >= 11 is 0. The van der Waals surface area contributed by atoms with Crippen LogP contribution >= 0.6 is 0 Å². The number of benzene rings is 1. The maximum Gasteiger partial charge on any atom is 0.331 e. The van der Waals surface area contributed by atoms with E-state index in [1.807, 2.05) is 0 Å².